The molecule has 6 nitrogen and oxygen atoms in total. The molecule has 2 amide bonds. The van der Waals surface area contributed by atoms with Crippen LogP contribution in [0.2, 0.25) is 0 Å². The van der Waals surface area contributed by atoms with E-state index in [1.165, 1.54) is 24.3 Å². The number of nitrogens with zero attached hydrogens (tertiary/aromatic N) is 3. The number of carbonyl (C=O) groups excluding carboxylic acids is 1. The number of pyridine rings is 1. The molecule has 1 aliphatic heterocycles. The van der Waals surface area contributed by atoms with Crippen molar-refractivity contribution in [2.45, 2.75) is 25.1 Å². The molecule has 0 radical (unpaired) electrons. The van der Waals surface area contributed by atoms with Crippen LogP contribution in [0.25, 0.3) is 16.8 Å². The van der Waals surface area contributed by atoms with Crippen LogP contribution < -0.4 is 10.1 Å². The first-order chi connectivity index (χ1) is 17.3. The lowest BCUT2D eigenvalue weighted by Crippen LogP contribution is -2.40. The quantitative estimate of drug-likeness (QED) is 0.329. The number of ether oxygens (including phenoxy) is 1. The van der Waals surface area contributed by atoms with E-state index in [0.29, 0.717) is 31.6 Å². The summed E-state index contributed by atoms with van der Waals surface area (Å²) in [6, 6.07) is 16.8. The fourth-order valence-electron chi connectivity index (χ4n) is 4.45. The molecule has 1 N–H and O–H groups in total. The Bertz CT molecular complexity index is 1360. The molecule has 0 spiro atoms. The molecule has 1 fully saturated rings. The summed E-state index contributed by atoms with van der Waals surface area (Å²) in [5.74, 6) is 0.356. The maximum Gasteiger partial charge on any atom is 0.573 e. The molecule has 2 aromatic carbocycles. The van der Waals surface area contributed by atoms with Crippen LogP contribution in [-0.4, -0.2) is 39.8 Å². The summed E-state index contributed by atoms with van der Waals surface area (Å²) in [6.45, 7) is 0.999. The first-order valence-corrected chi connectivity index (χ1v) is 11.4. The van der Waals surface area contributed by atoms with Crippen LogP contribution in [-0.2, 0) is 0 Å². The summed E-state index contributed by atoms with van der Waals surface area (Å²) in [6.07, 6.45) is -1.42. The van der Waals surface area contributed by atoms with E-state index >= 15 is 0 Å². The number of piperidine rings is 1. The molecule has 0 atom stereocenters. The smallest absolute Gasteiger partial charge is 0.406 e. The first-order valence-electron chi connectivity index (χ1n) is 11.4. The molecule has 186 valence electrons. The highest BCUT2D eigenvalue weighted by Crippen LogP contribution is 2.33. The number of rotatable bonds is 4. The van der Waals surface area contributed by atoms with E-state index in [-0.39, 0.29) is 23.5 Å². The Balaban J connectivity index is 1.26. The minimum atomic E-state index is -4.77. The summed E-state index contributed by atoms with van der Waals surface area (Å²) < 4.78 is 56.3. The number of alkyl halides is 3. The Morgan fingerprint density at radius 2 is 1.67 bits per heavy atom. The van der Waals surface area contributed by atoms with Crippen molar-refractivity contribution in [2.24, 2.45) is 0 Å². The van der Waals surface area contributed by atoms with Crippen LogP contribution in [0.4, 0.5) is 28.0 Å². The van der Waals surface area contributed by atoms with Crippen LogP contribution in [0.1, 0.15) is 24.6 Å². The second kappa shape index (κ2) is 9.52. The predicted octanol–water partition coefficient (Wildman–Crippen LogP) is 6.45. The second-order valence-electron chi connectivity index (χ2n) is 8.55. The number of anilines is 1. The van der Waals surface area contributed by atoms with E-state index < -0.39 is 6.36 Å². The number of amides is 2. The molecule has 1 saturated heterocycles. The van der Waals surface area contributed by atoms with Gasteiger partial charge >= 0.3 is 12.4 Å². The summed E-state index contributed by atoms with van der Waals surface area (Å²) >= 11 is 0. The Labute approximate surface area is 204 Å². The number of hydrogen-bond donors (Lipinski definition) is 1. The van der Waals surface area contributed by atoms with Gasteiger partial charge in [0, 0.05) is 36.5 Å². The third-order valence-electron chi connectivity index (χ3n) is 6.18. The Hall–Kier alpha value is -4.08. The molecular weight excluding hydrogens is 476 g/mol. The van der Waals surface area contributed by atoms with Gasteiger partial charge in [-0.25, -0.2) is 14.2 Å². The molecule has 36 heavy (non-hydrogen) atoms. The monoisotopic (exact) mass is 498 g/mol. The number of likely N-dealkylation sites (tertiary alicyclic amines) is 1. The molecule has 0 bridgehead atoms. The van der Waals surface area contributed by atoms with Gasteiger partial charge in [0.25, 0.3) is 0 Å². The highest BCUT2D eigenvalue weighted by molar-refractivity contribution is 5.89. The zero-order chi connectivity index (χ0) is 25.3. The van der Waals surface area contributed by atoms with Crippen molar-refractivity contribution in [3.8, 4) is 17.0 Å². The lowest BCUT2D eigenvalue weighted by atomic mass is 9.96. The van der Waals surface area contributed by atoms with Gasteiger partial charge in [0.05, 0.1) is 11.2 Å². The fourth-order valence-corrected chi connectivity index (χ4v) is 4.45. The molecule has 2 aromatic heterocycles. The van der Waals surface area contributed by atoms with Crippen LogP contribution in [0.3, 0.4) is 0 Å². The molecule has 10 heteroatoms. The average Bonchev–Trinajstić information content (AvgIpc) is 3.25. The van der Waals surface area contributed by atoms with Crippen LogP contribution in [0.15, 0.2) is 72.9 Å². The van der Waals surface area contributed by atoms with Crippen molar-refractivity contribution >= 4 is 17.2 Å². The maximum absolute atomic E-state index is 13.4. The van der Waals surface area contributed by atoms with Gasteiger partial charge in [-0.2, -0.15) is 0 Å². The van der Waals surface area contributed by atoms with Crippen molar-refractivity contribution in [1.29, 1.82) is 0 Å². The molecule has 1 aliphatic rings. The Morgan fingerprint density at radius 1 is 0.972 bits per heavy atom. The van der Waals surface area contributed by atoms with Crippen LogP contribution in [0.5, 0.6) is 5.75 Å². The minimum absolute atomic E-state index is 0.122. The largest absolute Gasteiger partial charge is 0.573 e. The minimum Gasteiger partial charge on any atom is -0.406 e. The van der Waals surface area contributed by atoms with Gasteiger partial charge in [0.15, 0.2) is 0 Å². The predicted molar refractivity (Wildman–Crippen MR) is 126 cm³/mol. The van der Waals surface area contributed by atoms with Crippen LogP contribution >= 0.6 is 0 Å². The lowest BCUT2D eigenvalue weighted by molar-refractivity contribution is -0.274. The third-order valence-corrected chi connectivity index (χ3v) is 6.18. The van der Waals surface area contributed by atoms with Crippen molar-refractivity contribution in [2.75, 3.05) is 18.4 Å². The summed E-state index contributed by atoms with van der Waals surface area (Å²) in [5, 5.41) is 2.71. The van der Waals surface area contributed by atoms with Crippen molar-refractivity contribution < 1.29 is 27.1 Å². The van der Waals surface area contributed by atoms with Crippen molar-refractivity contribution in [3.05, 3.63) is 84.6 Å². The fraction of sp³-hybridized carbons (Fsp3) is 0.231. The Morgan fingerprint density at radius 3 is 2.33 bits per heavy atom. The van der Waals surface area contributed by atoms with E-state index in [1.54, 1.807) is 17.0 Å². The van der Waals surface area contributed by atoms with Gasteiger partial charge in [-0.05, 0) is 73.5 Å². The van der Waals surface area contributed by atoms with Gasteiger partial charge in [-0.3, -0.25) is 0 Å². The van der Waals surface area contributed by atoms with Crippen molar-refractivity contribution in [1.82, 2.24) is 14.3 Å². The number of nitrogens with one attached hydrogen (secondary N) is 1. The van der Waals surface area contributed by atoms with Gasteiger partial charge < -0.3 is 19.4 Å². The zero-order valence-electron chi connectivity index (χ0n) is 19.0. The van der Waals surface area contributed by atoms with Gasteiger partial charge in [0.1, 0.15) is 17.4 Å². The number of benzene rings is 2. The number of hydrogen-bond acceptors (Lipinski definition) is 3. The number of carbonyl (C=O) groups is 1. The van der Waals surface area contributed by atoms with E-state index in [1.807, 2.05) is 28.8 Å². The number of halogens is 4. The SMILES string of the molecule is O=C(Nc1ccc(OC(F)(F)F)cc1)N1CCC(c2nc(-c3ccc(F)cc3)c3ccccn23)CC1. The van der Waals surface area contributed by atoms with E-state index in [0.717, 1.165) is 34.7 Å². The third kappa shape index (κ3) is 5.12. The average molecular weight is 498 g/mol. The first kappa shape index (κ1) is 23.7. The summed E-state index contributed by atoms with van der Waals surface area (Å²) in [4.78, 5) is 19.3. The lowest BCUT2D eigenvalue weighted by Gasteiger charge is -2.31. The number of urea groups is 1. The number of fused-ring (bicyclic) bond motifs is 1. The topological polar surface area (TPSA) is 58.9 Å². The van der Waals surface area contributed by atoms with E-state index in [2.05, 4.69) is 10.1 Å². The van der Waals surface area contributed by atoms with Gasteiger partial charge in [0.2, 0.25) is 0 Å². The van der Waals surface area contributed by atoms with Gasteiger partial charge in [-0.15, -0.1) is 13.2 Å². The molecule has 0 unspecified atom stereocenters. The molecule has 5 rings (SSSR count). The van der Waals surface area contributed by atoms with Gasteiger partial charge in [-0.1, -0.05) is 6.07 Å². The highest BCUT2D eigenvalue weighted by Gasteiger charge is 2.31. The molecule has 0 aliphatic carbocycles. The van der Waals surface area contributed by atoms with E-state index in [9.17, 15) is 22.4 Å². The van der Waals surface area contributed by atoms with Crippen molar-refractivity contribution in [3.63, 3.8) is 0 Å². The number of aromatic nitrogens is 2. The standard InChI is InChI=1S/C26H22F4N4O2/c27-19-6-4-17(5-7-19)23-22-3-1-2-14-34(22)24(32-23)18-12-15-33(16-13-18)25(35)31-20-8-10-21(11-9-20)36-26(28,29)30/h1-11,14,18H,12-13,15-16H2,(H,31,35). The van der Waals surface area contributed by atoms with Crippen LogP contribution in [0, 0.1) is 5.82 Å². The normalized spacial score (nSPS) is 14.7. The molecule has 0 saturated carbocycles. The highest BCUT2D eigenvalue weighted by atomic mass is 19.4. The summed E-state index contributed by atoms with van der Waals surface area (Å²) in [7, 11) is 0. The number of imidazole rings is 1. The summed E-state index contributed by atoms with van der Waals surface area (Å²) in [5.41, 5.74) is 2.91. The molecular formula is C26H22F4N4O2. The Kier molecular flexibility index (Phi) is 6.26. The zero-order valence-corrected chi connectivity index (χ0v) is 19.0. The molecule has 3 heterocycles. The second-order valence-corrected chi connectivity index (χ2v) is 8.55. The maximum atomic E-state index is 13.4. The van der Waals surface area contributed by atoms with E-state index in [4.69, 9.17) is 4.98 Å². The molecule has 4 aromatic rings.